The van der Waals surface area contributed by atoms with Gasteiger partial charge >= 0.3 is 12.2 Å². The molecular weight excluding hydrogens is 393 g/mol. The highest BCUT2D eigenvalue weighted by atomic mass is 35.5. The summed E-state index contributed by atoms with van der Waals surface area (Å²) >= 11 is 6.11. The second-order valence-electron chi connectivity index (χ2n) is 6.53. The average Bonchev–Trinajstić information content (AvgIpc) is 3.45. The number of carbonyl (C=O) groups excluding carboxylic acids is 1. The van der Waals surface area contributed by atoms with Crippen LogP contribution in [0.4, 0.5) is 29.3 Å². The van der Waals surface area contributed by atoms with Crippen molar-refractivity contribution in [1.82, 2.24) is 9.97 Å². The molecule has 1 aromatic carbocycles. The molecule has 4 rings (SSSR count). The monoisotopic (exact) mass is 406 g/mol. The number of aromatic nitrogens is 2. The van der Waals surface area contributed by atoms with E-state index in [4.69, 9.17) is 11.6 Å². The maximum atomic E-state index is 12.8. The summed E-state index contributed by atoms with van der Waals surface area (Å²) in [6.07, 6.45) is -0.0674. The van der Waals surface area contributed by atoms with Crippen LogP contribution in [0.1, 0.15) is 30.0 Å². The summed E-state index contributed by atoms with van der Waals surface area (Å²) in [7, 11) is 0. The third-order valence-corrected chi connectivity index (χ3v) is 4.65. The van der Waals surface area contributed by atoms with Gasteiger partial charge in [0.1, 0.15) is 5.69 Å². The molecule has 28 heavy (non-hydrogen) atoms. The zero-order valence-corrected chi connectivity index (χ0v) is 15.1. The summed E-state index contributed by atoms with van der Waals surface area (Å²) in [5, 5.41) is 6.52. The highest BCUT2D eigenvalue weighted by Crippen LogP contribution is 2.46. The van der Waals surface area contributed by atoms with Gasteiger partial charge in [0.05, 0.1) is 17.4 Å². The molecule has 3 aromatic rings. The molecule has 1 fully saturated rings. The molecule has 0 bridgehead atoms. The van der Waals surface area contributed by atoms with E-state index < -0.39 is 17.9 Å². The molecule has 0 atom stereocenters. The van der Waals surface area contributed by atoms with E-state index in [1.54, 1.807) is 18.3 Å². The number of rotatable bonds is 3. The van der Waals surface area contributed by atoms with Crippen LogP contribution in [0, 0.1) is 0 Å². The molecule has 2 N–H and O–H groups in total. The van der Waals surface area contributed by atoms with Crippen LogP contribution < -0.4 is 10.6 Å². The molecule has 0 aliphatic heterocycles. The molecule has 144 valence electrons. The Bertz CT molecular complexity index is 1070. The Labute approximate surface area is 162 Å². The minimum absolute atomic E-state index is 0.00964. The standard InChI is InChI=1S/C19H14ClF3N4O/c20-11-3-4-14-13(7-11)17(10-1-2-10)15(9-25-14)27-18(28)26-12-5-6-24-16(8-12)19(21,22)23/h3-10H,1-2H2,(H2,24,26,27,28). The molecular formula is C19H14ClF3N4O. The molecule has 0 spiro atoms. The van der Waals surface area contributed by atoms with E-state index in [9.17, 15) is 18.0 Å². The third kappa shape index (κ3) is 3.87. The minimum Gasteiger partial charge on any atom is -0.308 e. The van der Waals surface area contributed by atoms with Crippen LogP contribution >= 0.6 is 11.6 Å². The summed E-state index contributed by atoms with van der Waals surface area (Å²) in [4.78, 5) is 20.0. The van der Waals surface area contributed by atoms with Gasteiger partial charge in [0.15, 0.2) is 0 Å². The molecule has 5 nitrogen and oxygen atoms in total. The van der Waals surface area contributed by atoms with Gasteiger partial charge in [-0.25, -0.2) is 4.79 Å². The van der Waals surface area contributed by atoms with Crippen molar-refractivity contribution >= 4 is 39.9 Å². The molecule has 2 aromatic heterocycles. The van der Waals surface area contributed by atoms with Gasteiger partial charge in [0.25, 0.3) is 0 Å². The van der Waals surface area contributed by atoms with Gasteiger partial charge in [-0.05, 0) is 54.7 Å². The quantitative estimate of drug-likeness (QED) is 0.575. The van der Waals surface area contributed by atoms with Crippen molar-refractivity contribution in [2.75, 3.05) is 10.6 Å². The number of urea groups is 1. The SMILES string of the molecule is O=C(Nc1ccnc(C(F)(F)F)c1)Nc1cnc2ccc(Cl)cc2c1C1CC1. The molecule has 2 amide bonds. The predicted octanol–water partition coefficient (Wildman–Crippen LogP) is 5.82. The van der Waals surface area contributed by atoms with Crippen LogP contribution in [-0.2, 0) is 6.18 Å². The van der Waals surface area contributed by atoms with Crippen LogP contribution in [0.25, 0.3) is 10.9 Å². The fourth-order valence-corrected chi connectivity index (χ4v) is 3.22. The van der Waals surface area contributed by atoms with Crippen LogP contribution in [0.3, 0.4) is 0 Å². The molecule has 0 radical (unpaired) electrons. The molecule has 0 saturated heterocycles. The van der Waals surface area contributed by atoms with Gasteiger partial charge in [-0.15, -0.1) is 0 Å². The number of halogens is 4. The predicted molar refractivity (Wildman–Crippen MR) is 101 cm³/mol. The van der Waals surface area contributed by atoms with Crippen molar-refractivity contribution in [3.8, 4) is 0 Å². The summed E-state index contributed by atoms with van der Waals surface area (Å²) in [5.41, 5.74) is 1.13. The van der Waals surface area contributed by atoms with Crippen molar-refractivity contribution in [1.29, 1.82) is 0 Å². The Morgan fingerprint density at radius 3 is 2.61 bits per heavy atom. The lowest BCUT2D eigenvalue weighted by molar-refractivity contribution is -0.141. The van der Waals surface area contributed by atoms with Crippen molar-refractivity contribution < 1.29 is 18.0 Å². The van der Waals surface area contributed by atoms with Crippen molar-refractivity contribution in [2.24, 2.45) is 0 Å². The average molecular weight is 407 g/mol. The van der Waals surface area contributed by atoms with E-state index in [1.807, 2.05) is 6.07 Å². The molecule has 1 saturated carbocycles. The van der Waals surface area contributed by atoms with E-state index in [-0.39, 0.29) is 11.6 Å². The number of benzene rings is 1. The Morgan fingerprint density at radius 1 is 1.11 bits per heavy atom. The van der Waals surface area contributed by atoms with Crippen molar-refractivity contribution in [3.63, 3.8) is 0 Å². The van der Waals surface area contributed by atoms with Crippen molar-refractivity contribution in [2.45, 2.75) is 24.9 Å². The summed E-state index contributed by atoms with van der Waals surface area (Å²) in [6.45, 7) is 0. The number of pyridine rings is 2. The number of hydrogen-bond donors (Lipinski definition) is 2. The van der Waals surface area contributed by atoms with Gasteiger partial charge < -0.3 is 10.6 Å². The van der Waals surface area contributed by atoms with Gasteiger partial charge in [-0.1, -0.05) is 11.6 Å². The number of carbonyl (C=O) groups is 1. The fourth-order valence-electron chi connectivity index (χ4n) is 3.04. The summed E-state index contributed by atoms with van der Waals surface area (Å²) in [6, 6.07) is 6.76. The lowest BCUT2D eigenvalue weighted by atomic mass is 10.0. The van der Waals surface area contributed by atoms with E-state index >= 15 is 0 Å². The normalized spacial score (nSPS) is 14.1. The fraction of sp³-hybridized carbons (Fsp3) is 0.211. The number of amides is 2. The lowest BCUT2D eigenvalue weighted by Gasteiger charge is -2.14. The lowest BCUT2D eigenvalue weighted by Crippen LogP contribution is -2.21. The van der Waals surface area contributed by atoms with Gasteiger partial charge in [-0.2, -0.15) is 13.2 Å². The van der Waals surface area contributed by atoms with Gasteiger partial charge in [-0.3, -0.25) is 9.97 Å². The molecule has 0 unspecified atom stereocenters. The van der Waals surface area contributed by atoms with E-state index in [2.05, 4.69) is 20.6 Å². The first-order valence-electron chi connectivity index (χ1n) is 8.50. The number of hydrogen-bond acceptors (Lipinski definition) is 3. The first-order valence-corrected chi connectivity index (χ1v) is 8.88. The maximum Gasteiger partial charge on any atom is 0.433 e. The van der Waals surface area contributed by atoms with E-state index in [0.717, 1.165) is 41.6 Å². The van der Waals surface area contributed by atoms with Crippen LogP contribution in [0.5, 0.6) is 0 Å². The zero-order valence-electron chi connectivity index (χ0n) is 14.3. The van der Waals surface area contributed by atoms with E-state index in [0.29, 0.717) is 10.7 Å². The zero-order chi connectivity index (χ0) is 19.9. The maximum absolute atomic E-state index is 12.8. The Kier molecular flexibility index (Phi) is 4.58. The van der Waals surface area contributed by atoms with Crippen molar-refractivity contribution in [3.05, 3.63) is 59.0 Å². The number of fused-ring (bicyclic) bond motifs is 1. The first kappa shape index (κ1) is 18.5. The number of nitrogens with zero attached hydrogens (tertiary/aromatic N) is 2. The van der Waals surface area contributed by atoms with Crippen LogP contribution in [0.15, 0.2) is 42.7 Å². The largest absolute Gasteiger partial charge is 0.433 e. The minimum atomic E-state index is -4.59. The highest BCUT2D eigenvalue weighted by molar-refractivity contribution is 6.31. The molecule has 1 aliphatic carbocycles. The van der Waals surface area contributed by atoms with Gasteiger partial charge in [0.2, 0.25) is 0 Å². The second kappa shape index (κ2) is 6.94. The summed E-state index contributed by atoms with van der Waals surface area (Å²) in [5.74, 6) is 0.289. The second-order valence-corrected chi connectivity index (χ2v) is 6.96. The molecule has 9 heteroatoms. The number of nitrogens with one attached hydrogen (secondary N) is 2. The Balaban J connectivity index is 1.60. The Hall–Kier alpha value is -2.87. The molecule has 1 aliphatic rings. The van der Waals surface area contributed by atoms with Crippen LogP contribution in [0.2, 0.25) is 5.02 Å². The number of alkyl halides is 3. The molecule has 2 heterocycles. The Morgan fingerprint density at radius 2 is 1.89 bits per heavy atom. The van der Waals surface area contributed by atoms with E-state index in [1.165, 1.54) is 6.07 Å². The van der Waals surface area contributed by atoms with Gasteiger partial charge in [0, 0.05) is 22.3 Å². The van der Waals surface area contributed by atoms with Crippen LogP contribution in [-0.4, -0.2) is 16.0 Å². The third-order valence-electron chi connectivity index (χ3n) is 4.41. The summed E-state index contributed by atoms with van der Waals surface area (Å²) < 4.78 is 38.3. The highest BCUT2D eigenvalue weighted by Gasteiger charge is 2.33. The first-order chi connectivity index (χ1) is 13.3. The number of anilines is 2. The topological polar surface area (TPSA) is 66.9 Å². The smallest absolute Gasteiger partial charge is 0.308 e.